The summed E-state index contributed by atoms with van der Waals surface area (Å²) in [6.45, 7) is 10.5. The minimum absolute atomic E-state index is 0. The maximum atomic E-state index is 3.85. The Morgan fingerprint density at radius 1 is 1.38 bits per heavy atom. The van der Waals surface area contributed by atoms with Gasteiger partial charge in [-0.25, -0.2) is 0 Å². The van der Waals surface area contributed by atoms with Crippen LogP contribution in [0.3, 0.4) is 0 Å². The summed E-state index contributed by atoms with van der Waals surface area (Å²) in [5.74, 6) is 0. The Morgan fingerprint density at radius 3 is 2.46 bits per heavy atom. The van der Waals surface area contributed by atoms with Crippen molar-refractivity contribution >= 4 is 0 Å². The number of benzene rings is 1. The monoisotopic (exact) mass is 344 g/mol. The third-order valence-corrected chi connectivity index (χ3v) is 2.00. The van der Waals surface area contributed by atoms with Gasteiger partial charge in [-0.15, -0.1) is 0 Å². The summed E-state index contributed by atoms with van der Waals surface area (Å²) in [6, 6.07) is 9.47. The van der Waals surface area contributed by atoms with Gasteiger partial charge in [-0.05, 0) is 5.41 Å². The van der Waals surface area contributed by atoms with Crippen molar-refractivity contribution < 1.29 is 21.1 Å². The second-order valence-corrected chi connectivity index (χ2v) is 4.10. The fraction of sp³-hybridized carbons (Fsp3) is 0.417. The van der Waals surface area contributed by atoms with Crippen LogP contribution in [0.5, 0.6) is 0 Å². The van der Waals surface area contributed by atoms with Gasteiger partial charge in [0.1, 0.15) is 0 Å². The second-order valence-electron chi connectivity index (χ2n) is 4.10. The molecule has 0 aliphatic heterocycles. The third-order valence-electron chi connectivity index (χ3n) is 2.00. The molecule has 1 rings (SSSR count). The zero-order valence-corrected chi connectivity index (χ0v) is 11.5. The average Bonchev–Trinajstić information content (AvgIpc) is 2.03. The molecule has 0 saturated carbocycles. The fourth-order valence-electron chi connectivity index (χ4n) is 1.13. The van der Waals surface area contributed by atoms with E-state index in [2.05, 4.69) is 45.9 Å². The molecule has 70 valence electrons. The standard InChI is InChI=1S/C12H16.W/c1-5-10-7-6-8-11(9-10)12(2,3)4;/h6,8-9H,1,5H2,2-4H3;/q-2;+2. The molecule has 1 aromatic carbocycles. The molecule has 0 fully saturated rings. The van der Waals surface area contributed by atoms with Gasteiger partial charge in [-0.1, -0.05) is 20.8 Å². The van der Waals surface area contributed by atoms with Crippen molar-refractivity contribution in [2.75, 3.05) is 0 Å². The largest absolute Gasteiger partial charge is 2.00 e. The maximum absolute atomic E-state index is 3.85. The van der Waals surface area contributed by atoms with Crippen LogP contribution in [-0.2, 0) is 32.9 Å². The molecule has 0 aliphatic carbocycles. The first-order valence-electron chi connectivity index (χ1n) is 4.34. The van der Waals surface area contributed by atoms with Crippen molar-refractivity contribution in [2.45, 2.75) is 32.6 Å². The van der Waals surface area contributed by atoms with E-state index >= 15 is 0 Å². The van der Waals surface area contributed by atoms with Crippen LogP contribution >= 0.6 is 0 Å². The van der Waals surface area contributed by atoms with Crippen LogP contribution in [0.2, 0.25) is 0 Å². The number of rotatable bonds is 1. The third kappa shape index (κ3) is 3.65. The van der Waals surface area contributed by atoms with E-state index in [0.717, 1.165) is 6.42 Å². The van der Waals surface area contributed by atoms with E-state index < -0.39 is 0 Å². The van der Waals surface area contributed by atoms with E-state index in [9.17, 15) is 0 Å². The first-order chi connectivity index (χ1) is 5.54. The molecule has 0 nitrogen and oxygen atoms in total. The molecular weight excluding hydrogens is 328 g/mol. The van der Waals surface area contributed by atoms with Gasteiger partial charge in [-0.3, -0.25) is 0 Å². The quantitative estimate of drug-likeness (QED) is 0.687. The molecule has 0 spiro atoms. The van der Waals surface area contributed by atoms with Crippen molar-refractivity contribution in [3.05, 3.63) is 42.3 Å². The Morgan fingerprint density at radius 2 is 2.00 bits per heavy atom. The van der Waals surface area contributed by atoms with Gasteiger partial charge in [0, 0.05) is 0 Å². The molecule has 0 amide bonds. The second kappa shape index (κ2) is 4.96. The van der Waals surface area contributed by atoms with Crippen LogP contribution < -0.4 is 0 Å². The first kappa shape index (κ1) is 12.9. The Bertz CT molecular complexity index is 258. The Balaban J connectivity index is 0.00000144. The van der Waals surface area contributed by atoms with Gasteiger partial charge in [0.25, 0.3) is 0 Å². The minimum Gasteiger partial charge on any atom is -0.341 e. The van der Waals surface area contributed by atoms with Crippen molar-refractivity contribution in [3.8, 4) is 0 Å². The smallest absolute Gasteiger partial charge is 0.341 e. The molecule has 0 N–H and O–H groups in total. The summed E-state index contributed by atoms with van der Waals surface area (Å²) in [4.78, 5) is 0. The van der Waals surface area contributed by atoms with E-state index in [1.54, 1.807) is 0 Å². The maximum Gasteiger partial charge on any atom is 2.00 e. The summed E-state index contributed by atoms with van der Waals surface area (Å²) in [7, 11) is 0. The molecule has 0 radical (unpaired) electrons. The summed E-state index contributed by atoms with van der Waals surface area (Å²) in [6.07, 6.45) is 0.823. The Kier molecular flexibility index (Phi) is 4.92. The van der Waals surface area contributed by atoms with Gasteiger partial charge in [0.15, 0.2) is 0 Å². The van der Waals surface area contributed by atoms with Gasteiger partial charge >= 0.3 is 21.1 Å². The minimum atomic E-state index is 0. The van der Waals surface area contributed by atoms with Crippen molar-refractivity contribution in [3.63, 3.8) is 0 Å². The van der Waals surface area contributed by atoms with Gasteiger partial charge in [-0.2, -0.15) is 41.8 Å². The summed E-state index contributed by atoms with van der Waals surface area (Å²) in [5.41, 5.74) is 2.79. The van der Waals surface area contributed by atoms with Crippen molar-refractivity contribution in [2.24, 2.45) is 0 Å². The van der Waals surface area contributed by atoms with Crippen molar-refractivity contribution in [1.82, 2.24) is 0 Å². The normalized spacial score (nSPS) is 10.8. The molecule has 1 heteroatoms. The molecule has 0 atom stereocenters. The van der Waals surface area contributed by atoms with Crippen LogP contribution in [0.4, 0.5) is 0 Å². The molecular formula is C12H16W. The van der Waals surface area contributed by atoms with Crippen LogP contribution in [0.1, 0.15) is 31.9 Å². The predicted octanol–water partition coefficient (Wildman–Crippen LogP) is 3.16. The van der Waals surface area contributed by atoms with Crippen molar-refractivity contribution in [1.29, 1.82) is 0 Å². The number of hydrogen-bond donors (Lipinski definition) is 0. The molecule has 0 heterocycles. The molecule has 13 heavy (non-hydrogen) atoms. The van der Waals surface area contributed by atoms with Crippen LogP contribution in [-0.4, -0.2) is 0 Å². The van der Waals surface area contributed by atoms with Gasteiger partial charge < -0.3 is 6.92 Å². The average molecular weight is 344 g/mol. The van der Waals surface area contributed by atoms with E-state index in [1.165, 1.54) is 11.1 Å². The first-order valence-corrected chi connectivity index (χ1v) is 4.34. The topological polar surface area (TPSA) is 0 Å². The van der Waals surface area contributed by atoms with E-state index in [0.29, 0.717) is 0 Å². The SMILES string of the molecule is [CH2-]Cc1[c-]ccc(C(C)(C)C)c1.[W+2]. The molecule has 1 aromatic rings. The fourth-order valence-corrected chi connectivity index (χ4v) is 1.13. The van der Waals surface area contributed by atoms with Crippen LogP contribution in [0.15, 0.2) is 18.2 Å². The molecule has 0 saturated heterocycles. The predicted molar refractivity (Wildman–Crippen MR) is 53.0 cm³/mol. The van der Waals surface area contributed by atoms with Gasteiger partial charge in [0.2, 0.25) is 0 Å². The Hall–Kier alpha value is -0.0917. The zero-order chi connectivity index (χ0) is 9.19. The number of hydrogen-bond acceptors (Lipinski definition) is 0. The molecule has 0 aromatic heterocycles. The summed E-state index contributed by atoms with van der Waals surface area (Å²) >= 11 is 0. The van der Waals surface area contributed by atoms with E-state index in [4.69, 9.17) is 0 Å². The van der Waals surface area contributed by atoms with E-state index in [1.807, 2.05) is 6.07 Å². The van der Waals surface area contributed by atoms with E-state index in [-0.39, 0.29) is 26.5 Å². The Labute approximate surface area is 96.0 Å². The van der Waals surface area contributed by atoms with Gasteiger partial charge in [0.05, 0.1) is 0 Å². The molecule has 0 aliphatic rings. The van der Waals surface area contributed by atoms with Crippen LogP contribution in [0.25, 0.3) is 0 Å². The van der Waals surface area contributed by atoms with Crippen LogP contribution in [0, 0.1) is 13.0 Å². The zero-order valence-electron chi connectivity index (χ0n) is 8.55. The summed E-state index contributed by atoms with van der Waals surface area (Å²) in [5, 5.41) is 0. The summed E-state index contributed by atoms with van der Waals surface area (Å²) < 4.78 is 0. The molecule has 0 unspecified atom stereocenters. The molecule has 0 bridgehead atoms.